The van der Waals surface area contributed by atoms with Gasteiger partial charge in [-0.25, -0.2) is 14.4 Å². The van der Waals surface area contributed by atoms with Crippen molar-refractivity contribution in [2.45, 2.75) is 11.9 Å². The van der Waals surface area contributed by atoms with E-state index in [4.69, 9.17) is 0 Å². The Balaban J connectivity index is 4.20. The first kappa shape index (κ1) is 15.3. The third-order valence-electron chi connectivity index (χ3n) is 1.21. The van der Waals surface area contributed by atoms with Crippen LogP contribution in [0.2, 0.25) is 0 Å². The molecule has 0 saturated heterocycles. The van der Waals surface area contributed by atoms with Crippen LogP contribution in [-0.2, 0) is 33.4 Å². The first-order valence-electron chi connectivity index (χ1n) is 4.19. The van der Waals surface area contributed by atoms with Crippen LogP contribution in [0, 0.1) is 0 Å². The van der Waals surface area contributed by atoms with Crippen LogP contribution in [0.1, 0.15) is 6.92 Å². The van der Waals surface area contributed by atoms with Crippen LogP contribution >= 0.6 is 15.9 Å². The highest BCUT2D eigenvalue weighted by Gasteiger charge is 2.21. The quantitative estimate of drug-likeness (QED) is 0.238. The second-order valence-corrected chi connectivity index (χ2v) is 3.35. The van der Waals surface area contributed by atoms with Gasteiger partial charge in [0.15, 0.2) is 0 Å². The molecule has 17 heavy (non-hydrogen) atoms. The van der Waals surface area contributed by atoms with Crippen molar-refractivity contribution in [1.29, 1.82) is 0 Å². The van der Waals surface area contributed by atoms with E-state index in [1.807, 2.05) is 0 Å². The molecule has 0 aliphatic heterocycles. The molecule has 0 aliphatic carbocycles. The number of ether oxygens (including phenoxy) is 3. The number of hydrogen-bond donors (Lipinski definition) is 0. The molecule has 1 unspecified atom stereocenters. The van der Waals surface area contributed by atoms with Gasteiger partial charge in [-0.1, -0.05) is 0 Å². The molecule has 0 bridgehead atoms. The standard InChI is InChI=1S/C9H9BrO7/c1-5(11)16-9(14)8(10)17-7(13)4-3-6(12)15-2/h3-4,8H,1-2H3/b4-3+. The van der Waals surface area contributed by atoms with Gasteiger partial charge in [0, 0.05) is 19.1 Å². The van der Waals surface area contributed by atoms with Crippen molar-refractivity contribution in [3.8, 4) is 0 Å². The highest BCUT2D eigenvalue weighted by molar-refractivity contribution is 9.09. The largest absolute Gasteiger partial charge is 0.466 e. The Hall–Kier alpha value is -1.70. The monoisotopic (exact) mass is 308 g/mol. The molecule has 0 amide bonds. The summed E-state index contributed by atoms with van der Waals surface area (Å²) in [5.74, 6) is -3.63. The van der Waals surface area contributed by atoms with Gasteiger partial charge in [0.05, 0.1) is 7.11 Å². The number of halogens is 1. The molecule has 7 nitrogen and oxygen atoms in total. The highest BCUT2D eigenvalue weighted by Crippen LogP contribution is 2.05. The molecule has 0 fully saturated rings. The third-order valence-corrected chi connectivity index (χ3v) is 1.77. The summed E-state index contributed by atoms with van der Waals surface area (Å²) in [4.78, 5) is 43.1. The van der Waals surface area contributed by atoms with Crippen LogP contribution in [-0.4, -0.2) is 36.0 Å². The van der Waals surface area contributed by atoms with Gasteiger partial charge in [-0.15, -0.1) is 0 Å². The zero-order valence-corrected chi connectivity index (χ0v) is 10.6. The molecule has 0 aromatic carbocycles. The van der Waals surface area contributed by atoms with Crippen molar-refractivity contribution in [2.24, 2.45) is 0 Å². The molecule has 94 valence electrons. The van der Waals surface area contributed by atoms with E-state index in [-0.39, 0.29) is 0 Å². The van der Waals surface area contributed by atoms with Crippen LogP contribution in [0.25, 0.3) is 0 Å². The summed E-state index contributed by atoms with van der Waals surface area (Å²) in [6.07, 6.45) is 1.58. The minimum Gasteiger partial charge on any atom is -0.466 e. The molecule has 0 aromatic rings. The van der Waals surface area contributed by atoms with E-state index in [1.165, 1.54) is 0 Å². The maximum absolute atomic E-state index is 11.0. The van der Waals surface area contributed by atoms with Crippen molar-refractivity contribution < 1.29 is 33.4 Å². The average molecular weight is 309 g/mol. The molecule has 0 radical (unpaired) electrons. The van der Waals surface area contributed by atoms with Gasteiger partial charge >= 0.3 is 23.9 Å². The lowest BCUT2D eigenvalue weighted by Crippen LogP contribution is -2.24. The number of esters is 4. The molecule has 0 aromatic heterocycles. The summed E-state index contributed by atoms with van der Waals surface area (Å²) in [6.45, 7) is 1.02. The summed E-state index contributed by atoms with van der Waals surface area (Å²) < 4.78 is 12.8. The van der Waals surface area contributed by atoms with Crippen molar-refractivity contribution in [1.82, 2.24) is 0 Å². The van der Waals surface area contributed by atoms with E-state index in [9.17, 15) is 19.2 Å². The predicted octanol–water partition coefficient (Wildman–Crippen LogP) is 0.0695. The summed E-state index contributed by atoms with van der Waals surface area (Å²) in [6, 6.07) is 0. The van der Waals surface area contributed by atoms with Gasteiger partial charge < -0.3 is 14.2 Å². The molecule has 0 spiro atoms. The van der Waals surface area contributed by atoms with Crippen LogP contribution < -0.4 is 0 Å². The molecule has 0 aliphatic rings. The first-order valence-corrected chi connectivity index (χ1v) is 5.11. The zero-order valence-electron chi connectivity index (χ0n) is 8.97. The second-order valence-electron chi connectivity index (χ2n) is 2.52. The Morgan fingerprint density at radius 1 is 1.12 bits per heavy atom. The molecular formula is C9H9BrO7. The fraction of sp³-hybridized carbons (Fsp3) is 0.333. The van der Waals surface area contributed by atoms with Crippen molar-refractivity contribution >= 4 is 39.8 Å². The maximum atomic E-state index is 11.0. The molecule has 0 heterocycles. The van der Waals surface area contributed by atoms with Crippen LogP contribution in [0.5, 0.6) is 0 Å². The maximum Gasteiger partial charge on any atom is 0.366 e. The third kappa shape index (κ3) is 7.23. The van der Waals surface area contributed by atoms with E-state index >= 15 is 0 Å². The minimum absolute atomic E-state index is 0.751. The molecule has 0 saturated carbocycles. The van der Waals surface area contributed by atoms with Gasteiger partial charge in [0.25, 0.3) is 5.01 Å². The molecular weight excluding hydrogens is 300 g/mol. The average Bonchev–Trinajstić information content (AvgIpc) is 2.24. The Kier molecular flexibility index (Phi) is 6.80. The van der Waals surface area contributed by atoms with E-state index in [1.54, 1.807) is 0 Å². The molecule has 1 atom stereocenters. The van der Waals surface area contributed by atoms with E-state index in [2.05, 4.69) is 30.1 Å². The van der Waals surface area contributed by atoms with Crippen molar-refractivity contribution in [2.75, 3.05) is 7.11 Å². The molecule has 0 N–H and O–H groups in total. The number of alkyl halides is 1. The number of carbonyl (C=O) groups is 4. The Morgan fingerprint density at radius 3 is 2.12 bits per heavy atom. The summed E-state index contributed by atoms with van der Waals surface area (Å²) >= 11 is 2.68. The summed E-state index contributed by atoms with van der Waals surface area (Å²) in [5, 5.41) is -1.43. The summed E-state index contributed by atoms with van der Waals surface area (Å²) in [7, 11) is 1.13. The smallest absolute Gasteiger partial charge is 0.366 e. The van der Waals surface area contributed by atoms with Crippen LogP contribution in [0.3, 0.4) is 0 Å². The van der Waals surface area contributed by atoms with Gasteiger partial charge in [0.2, 0.25) is 0 Å². The van der Waals surface area contributed by atoms with Gasteiger partial charge in [0.1, 0.15) is 0 Å². The lowest BCUT2D eigenvalue weighted by Gasteiger charge is -2.07. The predicted molar refractivity (Wildman–Crippen MR) is 56.7 cm³/mol. The molecule has 8 heteroatoms. The Morgan fingerprint density at radius 2 is 1.65 bits per heavy atom. The SMILES string of the molecule is COC(=O)/C=C/C(=O)OC(Br)C(=O)OC(C)=O. The van der Waals surface area contributed by atoms with E-state index < -0.39 is 28.9 Å². The van der Waals surface area contributed by atoms with Gasteiger partial charge in [-0.3, -0.25) is 4.79 Å². The second kappa shape index (κ2) is 7.55. The number of carbonyl (C=O) groups excluding carboxylic acids is 4. The minimum atomic E-state index is -1.43. The van der Waals surface area contributed by atoms with Crippen LogP contribution in [0.15, 0.2) is 12.2 Å². The van der Waals surface area contributed by atoms with Crippen molar-refractivity contribution in [3.05, 3.63) is 12.2 Å². The number of methoxy groups -OCH3 is 1. The fourth-order valence-electron chi connectivity index (χ4n) is 0.581. The van der Waals surface area contributed by atoms with Crippen molar-refractivity contribution in [3.63, 3.8) is 0 Å². The zero-order chi connectivity index (χ0) is 13.4. The first-order chi connectivity index (χ1) is 7.86. The van der Waals surface area contributed by atoms with Gasteiger partial charge in [-0.2, -0.15) is 0 Å². The number of rotatable bonds is 4. The van der Waals surface area contributed by atoms with Gasteiger partial charge in [-0.05, 0) is 15.9 Å². The Bertz CT molecular complexity index is 360. The Labute approximate surface area is 105 Å². The van der Waals surface area contributed by atoms with Crippen LogP contribution in [0.4, 0.5) is 0 Å². The lowest BCUT2D eigenvalue weighted by molar-refractivity contribution is -0.166. The topological polar surface area (TPSA) is 96.0 Å². The fourth-order valence-corrected chi connectivity index (χ4v) is 0.859. The lowest BCUT2D eigenvalue weighted by atomic mass is 10.5. The normalized spacial score (nSPS) is 11.7. The highest BCUT2D eigenvalue weighted by atomic mass is 79.9. The number of hydrogen-bond acceptors (Lipinski definition) is 7. The molecule has 0 rings (SSSR count). The summed E-state index contributed by atoms with van der Waals surface area (Å²) in [5.41, 5.74) is 0. The van der Waals surface area contributed by atoms with E-state index in [0.717, 1.165) is 26.2 Å². The van der Waals surface area contributed by atoms with E-state index in [0.29, 0.717) is 0 Å².